The third kappa shape index (κ3) is 7.40. The van der Waals surface area contributed by atoms with Gasteiger partial charge in [-0.1, -0.05) is 0 Å². The molecule has 1 aliphatic carbocycles. The highest BCUT2D eigenvalue weighted by Crippen LogP contribution is 2.32. The van der Waals surface area contributed by atoms with Crippen LogP contribution < -0.4 is 28.3 Å². The van der Waals surface area contributed by atoms with Gasteiger partial charge >= 0.3 is 0 Å². The molecule has 0 aromatic heterocycles. The summed E-state index contributed by atoms with van der Waals surface area (Å²) >= 11 is 0. The van der Waals surface area contributed by atoms with E-state index in [4.69, 9.17) is 41.9 Å². The number of aliphatic hydroxyl groups excluding tert-OH is 8. The van der Waals surface area contributed by atoms with Gasteiger partial charge in [-0.25, -0.2) is 0 Å². The second-order valence-corrected chi connectivity index (χ2v) is 10.4. The van der Waals surface area contributed by atoms with Crippen molar-refractivity contribution in [3.8, 4) is 0 Å². The molecule has 2 saturated heterocycles. The van der Waals surface area contributed by atoms with E-state index >= 15 is 0 Å². The average Bonchev–Trinajstić information content (AvgIpc) is 2.91. The molecule has 39 heavy (non-hydrogen) atoms. The zero-order valence-corrected chi connectivity index (χ0v) is 21.5. The van der Waals surface area contributed by atoms with Crippen molar-refractivity contribution < 1.29 is 59.8 Å². The van der Waals surface area contributed by atoms with Gasteiger partial charge in [0.25, 0.3) is 0 Å². The van der Waals surface area contributed by atoms with Gasteiger partial charge in [0.05, 0.1) is 18.8 Å². The summed E-state index contributed by atoms with van der Waals surface area (Å²) in [6, 6.07) is -2.85. The summed E-state index contributed by atoms with van der Waals surface area (Å²) in [6.07, 6.45) is -17.4. The zero-order chi connectivity index (χ0) is 29.0. The standard InChI is InChI=1S/C22H45N5O12/c23-2-1-7(29)5-27-9-3-8(25)19(38-22-17(34)16(33)14(31)10(4-24)36-22)18(35)20(9)39-21-15(32)12(26)13(30)11(6-28)37-21/h7-22,27-35H,1-6,23-26H2/t7-,8?,9+,10+,11+,12?,13?,14?,15+,16?,17+,18?,19+,20?,21?,22?/m0/s1. The van der Waals surface area contributed by atoms with Gasteiger partial charge in [-0.05, 0) is 19.4 Å². The van der Waals surface area contributed by atoms with E-state index in [0.717, 1.165) is 0 Å². The van der Waals surface area contributed by atoms with Gasteiger partial charge < -0.3 is 88.1 Å². The third-order valence-corrected chi connectivity index (χ3v) is 7.55. The van der Waals surface area contributed by atoms with Crippen molar-refractivity contribution in [2.75, 3.05) is 26.2 Å². The Morgan fingerprint density at radius 1 is 0.795 bits per heavy atom. The molecule has 17 nitrogen and oxygen atoms in total. The number of nitrogens with two attached hydrogens (primary N) is 4. The van der Waals surface area contributed by atoms with Crippen LogP contribution in [0.1, 0.15) is 12.8 Å². The van der Waals surface area contributed by atoms with Crippen molar-refractivity contribution in [1.82, 2.24) is 5.32 Å². The van der Waals surface area contributed by atoms with Crippen molar-refractivity contribution in [3.63, 3.8) is 0 Å². The Morgan fingerprint density at radius 3 is 2.03 bits per heavy atom. The summed E-state index contributed by atoms with van der Waals surface area (Å²) in [5.41, 5.74) is 23.3. The van der Waals surface area contributed by atoms with E-state index in [0.29, 0.717) is 6.42 Å². The molecule has 17 heteroatoms. The lowest BCUT2D eigenvalue weighted by molar-refractivity contribution is -0.332. The maximum atomic E-state index is 11.4. The van der Waals surface area contributed by atoms with Gasteiger partial charge in [0, 0.05) is 25.2 Å². The first kappa shape index (κ1) is 32.8. The molecule has 0 spiro atoms. The van der Waals surface area contributed by atoms with E-state index in [2.05, 4.69) is 5.32 Å². The normalized spacial score (nSPS) is 48.2. The molecule has 17 N–H and O–H groups in total. The molecule has 16 atom stereocenters. The Balaban J connectivity index is 1.81. The van der Waals surface area contributed by atoms with E-state index < -0.39 is 104 Å². The average molecular weight is 572 g/mol. The topological polar surface area (TPSA) is 315 Å². The van der Waals surface area contributed by atoms with Gasteiger partial charge in [0.1, 0.15) is 61.0 Å². The molecule has 1 saturated carbocycles. The molecule has 0 radical (unpaired) electrons. The van der Waals surface area contributed by atoms with Crippen LogP contribution in [0.3, 0.4) is 0 Å². The Bertz CT molecular complexity index is 744. The SMILES string of the molecule is NCC[C@H](O)CN[C@@H]1CC(N)[C@@H](OC2O[C@H](CN)C(O)C(O)[C@H]2O)C(O)C1OC1O[C@H](CO)C(O)C(N)[C@H]1O. The van der Waals surface area contributed by atoms with Crippen LogP contribution in [0.25, 0.3) is 0 Å². The predicted octanol–water partition coefficient (Wildman–Crippen LogP) is -7.95. The van der Waals surface area contributed by atoms with Crippen LogP contribution in [0.15, 0.2) is 0 Å². The summed E-state index contributed by atoms with van der Waals surface area (Å²) in [5.74, 6) is 0. The molecule has 0 aromatic rings. The summed E-state index contributed by atoms with van der Waals surface area (Å²) in [7, 11) is 0. The number of hydrogen-bond donors (Lipinski definition) is 13. The molecule has 2 aliphatic heterocycles. The number of nitrogens with one attached hydrogen (secondary N) is 1. The second kappa shape index (κ2) is 14.5. The van der Waals surface area contributed by atoms with E-state index in [-0.39, 0.29) is 26.1 Å². The molecule has 0 amide bonds. The van der Waals surface area contributed by atoms with Crippen LogP contribution in [0, 0.1) is 0 Å². The van der Waals surface area contributed by atoms with Crippen molar-refractivity contribution >= 4 is 0 Å². The van der Waals surface area contributed by atoms with E-state index in [1.807, 2.05) is 0 Å². The zero-order valence-electron chi connectivity index (χ0n) is 21.5. The molecule has 2 heterocycles. The van der Waals surface area contributed by atoms with Gasteiger partial charge in [0.15, 0.2) is 12.6 Å². The van der Waals surface area contributed by atoms with Crippen molar-refractivity contribution in [3.05, 3.63) is 0 Å². The minimum Gasteiger partial charge on any atom is -0.394 e. The third-order valence-electron chi connectivity index (χ3n) is 7.55. The first-order valence-electron chi connectivity index (χ1n) is 13.1. The Kier molecular flexibility index (Phi) is 12.2. The quantitative estimate of drug-likeness (QED) is 0.109. The molecule has 230 valence electrons. The molecule has 0 bridgehead atoms. The van der Waals surface area contributed by atoms with Crippen LogP contribution >= 0.6 is 0 Å². The summed E-state index contributed by atoms with van der Waals surface area (Å²) in [5, 5.41) is 85.6. The Morgan fingerprint density at radius 2 is 1.41 bits per heavy atom. The maximum Gasteiger partial charge on any atom is 0.187 e. The minimum atomic E-state index is -1.70. The fraction of sp³-hybridized carbons (Fsp3) is 1.00. The summed E-state index contributed by atoms with van der Waals surface area (Å²) in [4.78, 5) is 0. The highest BCUT2D eigenvalue weighted by molar-refractivity contribution is 5.02. The fourth-order valence-corrected chi connectivity index (χ4v) is 5.14. The first-order chi connectivity index (χ1) is 18.4. The monoisotopic (exact) mass is 571 g/mol. The van der Waals surface area contributed by atoms with Crippen molar-refractivity contribution in [2.45, 2.75) is 111 Å². The van der Waals surface area contributed by atoms with Crippen LogP contribution in [0.2, 0.25) is 0 Å². The smallest absolute Gasteiger partial charge is 0.187 e. The first-order valence-corrected chi connectivity index (χ1v) is 13.1. The summed E-state index contributed by atoms with van der Waals surface area (Å²) in [6.45, 7) is -0.511. The molecule has 3 rings (SSSR count). The molecule has 9 unspecified atom stereocenters. The number of aliphatic hydroxyl groups is 8. The van der Waals surface area contributed by atoms with E-state index in [9.17, 15) is 40.9 Å². The lowest BCUT2D eigenvalue weighted by Gasteiger charge is -2.49. The van der Waals surface area contributed by atoms with E-state index in [1.165, 1.54) is 0 Å². The highest BCUT2D eigenvalue weighted by Gasteiger charge is 2.52. The minimum absolute atomic E-state index is 0.0605. The number of hydrogen-bond acceptors (Lipinski definition) is 17. The van der Waals surface area contributed by atoms with Crippen LogP contribution in [0.4, 0.5) is 0 Å². The second-order valence-electron chi connectivity index (χ2n) is 10.4. The molecular formula is C22H45N5O12. The fourth-order valence-electron chi connectivity index (χ4n) is 5.14. The lowest BCUT2D eigenvalue weighted by Crippen LogP contribution is -2.69. The van der Waals surface area contributed by atoms with Gasteiger partial charge in [-0.3, -0.25) is 0 Å². The van der Waals surface area contributed by atoms with Gasteiger partial charge in [-0.2, -0.15) is 0 Å². The van der Waals surface area contributed by atoms with E-state index in [1.54, 1.807) is 0 Å². The summed E-state index contributed by atoms with van der Waals surface area (Å²) < 4.78 is 22.8. The van der Waals surface area contributed by atoms with Crippen LogP contribution in [0.5, 0.6) is 0 Å². The van der Waals surface area contributed by atoms with Crippen LogP contribution in [-0.2, 0) is 18.9 Å². The number of rotatable bonds is 11. The molecule has 3 fully saturated rings. The molecule has 0 aromatic carbocycles. The predicted molar refractivity (Wildman–Crippen MR) is 131 cm³/mol. The maximum absolute atomic E-state index is 11.4. The van der Waals surface area contributed by atoms with Crippen LogP contribution in [-0.4, -0.2) is 165 Å². The Hall–Kier alpha value is -0.680. The molecular weight excluding hydrogens is 526 g/mol. The number of ether oxygens (including phenoxy) is 4. The van der Waals surface area contributed by atoms with Crippen molar-refractivity contribution in [1.29, 1.82) is 0 Å². The lowest BCUT2D eigenvalue weighted by atomic mass is 9.83. The van der Waals surface area contributed by atoms with Gasteiger partial charge in [-0.15, -0.1) is 0 Å². The highest BCUT2D eigenvalue weighted by atomic mass is 16.7. The Labute approximate surface area is 225 Å². The molecule has 3 aliphatic rings. The van der Waals surface area contributed by atoms with Crippen molar-refractivity contribution in [2.24, 2.45) is 22.9 Å². The van der Waals surface area contributed by atoms with Gasteiger partial charge in [0.2, 0.25) is 0 Å². The largest absolute Gasteiger partial charge is 0.394 e.